The van der Waals surface area contributed by atoms with Crippen molar-refractivity contribution in [2.24, 2.45) is 46.3 Å². The Morgan fingerprint density at radius 3 is 2.39 bits per heavy atom. The molecule has 10 atom stereocenters. The summed E-state index contributed by atoms with van der Waals surface area (Å²) in [5, 5.41) is 30.5. The number of hydrogen-bond acceptors (Lipinski definition) is 3. The fourth-order valence-electron chi connectivity index (χ4n) is 8.73. The molecule has 0 radical (unpaired) electrons. The zero-order valence-electron chi connectivity index (χ0n) is 17.9. The molecule has 4 rings (SSSR count). The average Bonchev–Trinajstić information content (AvgIpc) is 2.98. The highest BCUT2D eigenvalue weighted by Crippen LogP contribution is 2.68. The van der Waals surface area contributed by atoms with Crippen LogP contribution in [0, 0.1) is 46.3 Å². The standard InChI is InChI=1S/C24H40O4/c1-14(4-7-21(27)28)17-5-6-18-22-19(9-11-24(17,18)3)23(2)10-8-16(25)12-15(23)13-20(22)26/h14-20,22,25-26H,4-13H2,1-3H3,(H,27,28)/t14-,15?,16+,17-,18?,19?,20+,22?,23+,24-/m1/s1. The van der Waals surface area contributed by atoms with Gasteiger partial charge in [-0.1, -0.05) is 20.8 Å². The minimum absolute atomic E-state index is 0.179. The first-order valence-electron chi connectivity index (χ1n) is 11.7. The van der Waals surface area contributed by atoms with Crippen molar-refractivity contribution in [2.45, 2.75) is 97.2 Å². The summed E-state index contributed by atoms with van der Waals surface area (Å²) in [7, 11) is 0. The lowest BCUT2D eigenvalue weighted by atomic mass is 9.43. The van der Waals surface area contributed by atoms with E-state index in [2.05, 4.69) is 20.8 Å². The molecular weight excluding hydrogens is 352 g/mol. The van der Waals surface area contributed by atoms with Crippen molar-refractivity contribution in [2.75, 3.05) is 0 Å². The molecule has 0 aromatic rings. The van der Waals surface area contributed by atoms with E-state index in [0.29, 0.717) is 35.5 Å². The second kappa shape index (κ2) is 7.27. The van der Waals surface area contributed by atoms with E-state index in [-0.39, 0.29) is 29.5 Å². The van der Waals surface area contributed by atoms with E-state index >= 15 is 0 Å². The largest absolute Gasteiger partial charge is 0.481 e. The van der Waals surface area contributed by atoms with Gasteiger partial charge in [-0.25, -0.2) is 0 Å². The molecule has 0 bridgehead atoms. The number of aliphatic carboxylic acids is 1. The van der Waals surface area contributed by atoms with Crippen LogP contribution in [-0.4, -0.2) is 33.5 Å². The topological polar surface area (TPSA) is 77.8 Å². The van der Waals surface area contributed by atoms with Crippen LogP contribution in [0.4, 0.5) is 0 Å². The average molecular weight is 393 g/mol. The van der Waals surface area contributed by atoms with E-state index in [1.54, 1.807) is 0 Å². The Balaban J connectivity index is 1.55. The van der Waals surface area contributed by atoms with Crippen LogP contribution in [0.2, 0.25) is 0 Å². The lowest BCUT2D eigenvalue weighted by molar-refractivity contribution is -0.174. The van der Waals surface area contributed by atoms with Crippen LogP contribution in [0.1, 0.15) is 85.0 Å². The van der Waals surface area contributed by atoms with E-state index in [0.717, 1.165) is 32.1 Å². The van der Waals surface area contributed by atoms with Crippen LogP contribution in [-0.2, 0) is 4.79 Å². The molecule has 4 unspecified atom stereocenters. The predicted molar refractivity (Wildman–Crippen MR) is 109 cm³/mol. The summed E-state index contributed by atoms with van der Waals surface area (Å²) < 4.78 is 0. The van der Waals surface area contributed by atoms with Crippen molar-refractivity contribution in [3.63, 3.8) is 0 Å². The third-order valence-corrected chi connectivity index (χ3v) is 10.2. The Morgan fingerprint density at radius 1 is 1.00 bits per heavy atom. The van der Waals surface area contributed by atoms with Gasteiger partial charge in [-0.3, -0.25) is 4.79 Å². The van der Waals surface area contributed by atoms with Gasteiger partial charge in [0.25, 0.3) is 0 Å². The lowest BCUT2D eigenvalue weighted by Crippen LogP contribution is -2.58. The second-order valence-corrected chi connectivity index (χ2v) is 11.4. The molecule has 4 heteroatoms. The molecule has 28 heavy (non-hydrogen) atoms. The van der Waals surface area contributed by atoms with Gasteiger partial charge >= 0.3 is 5.97 Å². The smallest absolute Gasteiger partial charge is 0.303 e. The minimum Gasteiger partial charge on any atom is -0.481 e. The number of hydrogen-bond donors (Lipinski definition) is 3. The number of fused-ring (bicyclic) bond motifs is 5. The molecule has 3 N–H and O–H groups in total. The normalized spacial score (nSPS) is 51.7. The lowest BCUT2D eigenvalue weighted by Gasteiger charge is -2.62. The number of aliphatic hydroxyl groups excluding tert-OH is 2. The Labute approximate surface area is 170 Å². The zero-order chi connectivity index (χ0) is 20.3. The molecule has 0 heterocycles. The molecule has 0 aliphatic heterocycles. The van der Waals surface area contributed by atoms with Gasteiger partial charge < -0.3 is 15.3 Å². The summed E-state index contributed by atoms with van der Waals surface area (Å²) in [6, 6.07) is 0. The van der Waals surface area contributed by atoms with E-state index in [9.17, 15) is 15.0 Å². The fraction of sp³-hybridized carbons (Fsp3) is 0.958. The first-order valence-corrected chi connectivity index (χ1v) is 11.7. The van der Waals surface area contributed by atoms with Crippen molar-refractivity contribution in [1.29, 1.82) is 0 Å². The molecular formula is C24H40O4. The Kier molecular flexibility index (Phi) is 5.36. The van der Waals surface area contributed by atoms with Gasteiger partial charge in [0, 0.05) is 6.42 Å². The minimum atomic E-state index is -0.684. The van der Waals surface area contributed by atoms with E-state index in [1.165, 1.54) is 25.7 Å². The molecule has 0 amide bonds. The maximum absolute atomic E-state index is 11.2. The van der Waals surface area contributed by atoms with E-state index < -0.39 is 5.97 Å². The summed E-state index contributed by atoms with van der Waals surface area (Å²) in [6.45, 7) is 7.16. The second-order valence-electron chi connectivity index (χ2n) is 11.4. The summed E-state index contributed by atoms with van der Waals surface area (Å²) in [6.07, 6.45) is 9.19. The highest BCUT2D eigenvalue weighted by molar-refractivity contribution is 5.66. The number of rotatable bonds is 4. The monoisotopic (exact) mass is 392 g/mol. The van der Waals surface area contributed by atoms with Gasteiger partial charge in [0.05, 0.1) is 12.2 Å². The molecule has 0 spiro atoms. The summed E-state index contributed by atoms with van der Waals surface area (Å²) >= 11 is 0. The maximum atomic E-state index is 11.2. The molecule has 4 aliphatic carbocycles. The summed E-state index contributed by atoms with van der Waals surface area (Å²) in [4.78, 5) is 11.1. The Morgan fingerprint density at radius 2 is 1.68 bits per heavy atom. The van der Waals surface area contributed by atoms with Gasteiger partial charge in [0.2, 0.25) is 0 Å². The zero-order valence-corrected chi connectivity index (χ0v) is 17.9. The molecule has 4 aliphatic rings. The van der Waals surface area contributed by atoms with Crippen molar-refractivity contribution >= 4 is 5.97 Å². The van der Waals surface area contributed by atoms with Crippen LogP contribution >= 0.6 is 0 Å². The third-order valence-electron chi connectivity index (χ3n) is 10.2. The predicted octanol–water partition coefficient (Wildman–Crippen LogP) is 4.48. The van der Waals surface area contributed by atoms with Gasteiger partial charge in [-0.05, 0) is 104 Å². The van der Waals surface area contributed by atoms with E-state index in [4.69, 9.17) is 5.11 Å². The van der Waals surface area contributed by atoms with Crippen LogP contribution in [0.5, 0.6) is 0 Å². The van der Waals surface area contributed by atoms with Gasteiger partial charge in [0.1, 0.15) is 0 Å². The summed E-state index contributed by atoms with van der Waals surface area (Å²) in [5.74, 6) is 2.36. The molecule has 160 valence electrons. The molecule has 0 aromatic heterocycles. The van der Waals surface area contributed by atoms with Crippen LogP contribution in [0.15, 0.2) is 0 Å². The molecule has 4 fully saturated rings. The summed E-state index contributed by atoms with van der Waals surface area (Å²) in [5.41, 5.74) is 0.523. The van der Waals surface area contributed by atoms with Gasteiger partial charge in [0.15, 0.2) is 0 Å². The number of carboxylic acid groups (broad SMARTS) is 1. The number of aliphatic hydroxyl groups is 2. The number of carboxylic acids is 1. The highest BCUT2D eigenvalue weighted by atomic mass is 16.4. The van der Waals surface area contributed by atoms with Crippen molar-refractivity contribution in [3.8, 4) is 0 Å². The third kappa shape index (κ3) is 3.14. The van der Waals surface area contributed by atoms with Gasteiger partial charge in [-0.2, -0.15) is 0 Å². The van der Waals surface area contributed by atoms with Crippen molar-refractivity contribution in [1.82, 2.24) is 0 Å². The van der Waals surface area contributed by atoms with Crippen LogP contribution in [0.3, 0.4) is 0 Å². The molecule has 4 saturated carbocycles. The fourth-order valence-corrected chi connectivity index (χ4v) is 8.73. The van der Waals surface area contributed by atoms with Crippen LogP contribution < -0.4 is 0 Å². The Hall–Kier alpha value is -0.610. The van der Waals surface area contributed by atoms with Crippen LogP contribution in [0.25, 0.3) is 0 Å². The quantitative estimate of drug-likeness (QED) is 0.659. The molecule has 4 nitrogen and oxygen atoms in total. The first kappa shape index (κ1) is 20.7. The molecule has 0 saturated heterocycles. The van der Waals surface area contributed by atoms with Crippen molar-refractivity contribution < 1.29 is 20.1 Å². The number of carbonyl (C=O) groups is 1. The van der Waals surface area contributed by atoms with Gasteiger partial charge in [-0.15, -0.1) is 0 Å². The van der Waals surface area contributed by atoms with Crippen molar-refractivity contribution in [3.05, 3.63) is 0 Å². The SMILES string of the molecule is C[C@H](CCC(=O)O)[C@H]1CCC2C3C(CC[C@@]21C)[C@@]1(C)CC[C@H](O)CC1C[C@@H]3O. The Bertz CT molecular complexity index is 605. The maximum Gasteiger partial charge on any atom is 0.303 e. The van der Waals surface area contributed by atoms with E-state index in [1.807, 2.05) is 0 Å². The first-order chi connectivity index (χ1) is 13.2. The highest BCUT2D eigenvalue weighted by Gasteiger charge is 2.62. The molecule has 0 aromatic carbocycles.